The predicted octanol–water partition coefficient (Wildman–Crippen LogP) is 3.88. The molecule has 2 aromatic carbocycles. The first kappa shape index (κ1) is 16.5. The molecule has 0 aliphatic carbocycles. The zero-order valence-electron chi connectivity index (χ0n) is 13.2. The largest absolute Gasteiger partial charge is 0.341 e. The summed E-state index contributed by atoms with van der Waals surface area (Å²) in [7, 11) is 1.72. The molecule has 0 fully saturated rings. The second kappa shape index (κ2) is 7.01. The molecule has 0 unspecified atom stereocenters. The molecule has 0 aliphatic rings. The van der Waals surface area contributed by atoms with Crippen molar-refractivity contribution in [3.05, 3.63) is 65.1 Å². The van der Waals surface area contributed by atoms with Gasteiger partial charge in [-0.15, -0.1) is 0 Å². The first-order chi connectivity index (χ1) is 11.5. The number of aryl methyl sites for hydroxylation is 1. The molecule has 0 atom stereocenters. The van der Waals surface area contributed by atoms with Crippen LogP contribution in [0.3, 0.4) is 0 Å². The number of hydrogen-bond acceptors (Lipinski definition) is 2. The number of amides is 1. The van der Waals surface area contributed by atoms with Gasteiger partial charge in [0.25, 0.3) is 0 Å². The zero-order valence-corrected chi connectivity index (χ0v) is 14.0. The molecule has 0 bridgehead atoms. The summed E-state index contributed by atoms with van der Waals surface area (Å²) in [6.07, 6.45) is 2.06. The molecule has 0 saturated carbocycles. The topological polar surface area (TPSA) is 38.1 Å². The molecule has 6 heteroatoms. The molecular weight excluding hydrogens is 329 g/mol. The lowest BCUT2D eigenvalue weighted by atomic mass is 10.2. The predicted molar refractivity (Wildman–Crippen MR) is 92.2 cm³/mol. The molecule has 3 rings (SSSR count). The molecule has 0 radical (unpaired) electrons. The number of nitrogens with zero attached hydrogens (tertiary/aromatic N) is 3. The van der Waals surface area contributed by atoms with E-state index in [1.807, 2.05) is 12.1 Å². The Morgan fingerprint density at radius 3 is 2.92 bits per heavy atom. The van der Waals surface area contributed by atoms with Gasteiger partial charge in [-0.3, -0.25) is 9.48 Å². The van der Waals surface area contributed by atoms with E-state index in [0.717, 1.165) is 16.5 Å². The Hall–Kier alpha value is -2.40. The fourth-order valence-electron chi connectivity index (χ4n) is 2.63. The van der Waals surface area contributed by atoms with E-state index >= 15 is 0 Å². The van der Waals surface area contributed by atoms with Gasteiger partial charge in [0.1, 0.15) is 5.82 Å². The van der Waals surface area contributed by atoms with E-state index in [-0.39, 0.29) is 11.7 Å². The van der Waals surface area contributed by atoms with Crippen LogP contribution in [0, 0.1) is 5.82 Å². The lowest BCUT2D eigenvalue weighted by Gasteiger charge is -2.17. The van der Waals surface area contributed by atoms with Crippen molar-refractivity contribution in [3.8, 4) is 0 Å². The van der Waals surface area contributed by atoms with Crippen molar-refractivity contribution in [1.29, 1.82) is 0 Å². The van der Waals surface area contributed by atoms with Gasteiger partial charge in [0.05, 0.1) is 18.3 Å². The smallest absolute Gasteiger partial charge is 0.224 e. The highest BCUT2D eigenvalue weighted by atomic mass is 35.5. The Morgan fingerprint density at radius 2 is 2.12 bits per heavy atom. The van der Waals surface area contributed by atoms with Gasteiger partial charge in [-0.25, -0.2) is 4.39 Å². The highest BCUT2D eigenvalue weighted by molar-refractivity contribution is 6.31. The minimum atomic E-state index is -0.296. The van der Waals surface area contributed by atoms with Gasteiger partial charge in [-0.1, -0.05) is 23.7 Å². The van der Waals surface area contributed by atoms with Gasteiger partial charge in [-0.2, -0.15) is 5.10 Å². The fraction of sp³-hybridized carbons (Fsp3) is 0.222. The summed E-state index contributed by atoms with van der Waals surface area (Å²) in [4.78, 5) is 13.9. The van der Waals surface area contributed by atoms with Crippen LogP contribution < -0.4 is 0 Å². The van der Waals surface area contributed by atoms with E-state index in [2.05, 4.69) is 5.10 Å². The third-order valence-corrected chi connectivity index (χ3v) is 4.11. The quantitative estimate of drug-likeness (QED) is 0.704. The van der Waals surface area contributed by atoms with Gasteiger partial charge < -0.3 is 4.90 Å². The van der Waals surface area contributed by atoms with Crippen molar-refractivity contribution in [2.45, 2.75) is 19.5 Å². The van der Waals surface area contributed by atoms with Crippen LogP contribution in [0.5, 0.6) is 0 Å². The number of fused-ring (bicyclic) bond motifs is 1. The molecule has 0 saturated heterocycles. The van der Waals surface area contributed by atoms with E-state index in [0.29, 0.717) is 24.5 Å². The third-order valence-electron chi connectivity index (χ3n) is 3.88. The number of hydrogen-bond donors (Lipinski definition) is 0. The van der Waals surface area contributed by atoms with E-state index in [4.69, 9.17) is 11.6 Å². The van der Waals surface area contributed by atoms with Crippen LogP contribution in [0.1, 0.15) is 12.0 Å². The zero-order chi connectivity index (χ0) is 17.1. The van der Waals surface area contributed by atoms with Gasteiger partial charge in [0.15, 0.2) is 0 Å². The maximum absolute atomic E-state index is 13.2. The molecule has 1 aromatic heterocycles. The molecule has 4 nitrogen and oxygen atoms in total. The van der Waals surface area contributed by atoms with Crippen molar-refractivity contribution in [3.63, 3.8) is 0 Å². The molecule has 1 amide bonds. The number of carbonyl (C=O) groups is 1. The van der Waals surface area contributed by atoms with E-state index in [9.17, 15) is 9.18 Å². The molecule has 0 N–H and O–H groups in total. The Balaban J connectivity index is 1.62. The van der Waals surface area contributed by atoms with Crippen molar-refractivity contribution < 1.29 is 9.18 Å². The summed E-state index contributed by atoms with van der Waals surface area (Å²) in [5.41, 5.74) is 1.71. The minimum absolute atomic E-state index is 0.0168. The summed E-state index contributed by atoms with van der Waals surface area (Å²) >= 11 is 5.96. The van der Waals surface area contributed by atoms with Gasteiger partial charge in [-0.05, 0) is 35.9 Å². The summed E-state index contributed by atoms with van der Waals surface area (Å²) in [6, 6.07) is 11.8. The average molecular weight is 346 g/mol. The summed E-state index contributed by atoms with van der Waals surface area (Å²) < 4.78 is 15.0. The minimum Gasteiger partial charge on any atom is -0.341 e. The maximum atomic E-state index is 13.2. The average Bonchev–Trinajstić information content (AvgIpc) is 2.94. The van der Waals surface area contributed by atoms with Crippen LogP contribution in [0.4, 0.5) is 4.39 Å². The summed E-state index contributed by atoms with van der Waals surface area (Å²) in [5.74, 6) is -0.313. The highest BCUT2D eigenvalue weighted by Crippen LogP contribution is 2.19. The molecule has 1 heterocycles. The van der Waals surface area contributed by atoms with Crippen molar-refractivity contribution in [2.24, 2.45) is 0 Å². The Labute approximate surface area is 144 Å². The molecule has 0 spiro atoms. The first-order valence-electron chi connectivity index (χ1n) is 7.62. The number of benzene rings is 2. The second-order valence-corrected chi connectivity index (χ2v) is 6.14. The van der Waals surface area contributed by atoms with Crippen LogP contribution in [-0.2, 0) is 17.9 Å². The number of aromatic nitrogens is 2. The van der Waals surface area contributed by atoms with Crippen LogP contribution >= 0.6 is 11.6 Å². The number of carbonyl (C=O) groups excluding carboxylic acids is 1. The number of rotatable bonds is 5. The normalized spacial score (nSPS) is 11.0. The van der Waals surface area contributed by atoms with Crippen molar-refractivity contribution in [2.75, 3.05) is 7.05 Å². The number of halogens is 2. The fourth-order valence-corrected chi connectivity index (χ4v) is 2.81. The maximum Gasteiger partial charge on any atom is 0.224 e. The SMILES string of the molecule is CN(Cc1cccc(F)c1)C(=O)CCn1ncc2cc(Cl)ccc21. The monoisotopic (exact) mass is 345 g/mol. The van der Waals surface area contributed by atoms with E-state index < -0.39 is 0 Å². The van der Waals surface area contributed by atoms with Crippen LogP contribution in [0.15, 0.2) is 48.7 Å². The Kier molecular flexibility index (Phi) is 4.81. The Bertz CT molecular complexity index is 878. The van der Waals surface area contributed by atoms with Gasteiger partial charge in [0, 0.05) is 30.4 Å². The standard InChI is InChI=1S/C18H17ClFN3O/c1-22(12-13-3-2-4-16(20)9-13)18(24)7-8-23-17-6-5-15(19)10-14(17)11-21-23/h2-6,9-11H,7-8,12H2,1H3. The molecule has 124 valence electrons. The van der Waals surface area contributed by atoms with Gasteiger partial charge >= 0.3 is 0 Å². The van der Waals surface area contributed by atoms with E-state index in [1.54, 1.807) is 41.0 Å². The van der Waals surface area contributed by atoms with Crippen molar-refractivity contribution in [1.82, 2.24) is 14.7 Å². The third kappa shape index (κ3) is 3.74. The Morgan fingerprint density at radius 1 is 1.29 bits per heavy atom. The molecule has 3 aromatic rings. The molecular formula is C18H17ClFN3O. The summed E-state index contributed by atoms with van der Waals surface area (Å²) in [5, 5.41) is 5.91. The lowest BCUT2D eigenvalue weighted by Crippen LogP contribution is -2.27. The van der Waals surface area contributed by atoms with Crippen LogP contribution in [0.25, 0.3) is 10.9 Å². The molecule has 24 heavy (non-hydrogen) atoms. The van der Waals surface area contributed by atoms with Crippen LogP contribution in [-0.4, -0.2) is 27.6 Å². The second-order valence-electron chi connectivity index (χ2n) is 5.70. The van der Waals surface area contributed by atoms with E-state index in [1.165, 1.54) is 12.1 Å². The highest BCUT2D eigenvalue weighted by Gasteiger charge is 2.11. The van der Waals surface area contributed by atoms with Crippen molar-refractivity contribution >= 4 is 28.4 Å². The lowest BCUT2D eigenvalue weighted by molar-refractivity contribution is -0.130. The van der Waals surface area contributed by atoms with Gasteiger partial charge in [0.2, 0.25) is 5.91 Å². The first-order valence-corrected chi connectivity index (χ1v) is 8.00. The molecule has 0 aliphatic heterocycles. The van der Waals surface area contributed by atoms with Crippen LogP contribution in [0.2, 0.25) is 5.02 Å². The summed E-state index contributed by atoms with van der Waals surface area (Å²) in [6.45, 7) is 0.865.